The van der Waals surface area contributed by atoms with Crippen LogP contribution in [0.1, 0.15) is 44.0 Å². The van der Waals surface area contributed by atoms with Gasteiger partial charge in [0, 0.05) is 36.8 Å². The molecule has 0 bridgehead atoms. The average molecular weight is 279 g/mol. The zero-order valence-corrected chi connectivity index (χ0v) is 12.7. The molecule has 2 fully saturated rings. The Morgan fingerprint density at radius 2 is 2.21 bits per heavy atom. The van der Waals surface area contributed by atoms with E-state index in [1.807, 2.05) is 6.20 Å². The number of hydrogen-bond donors (Lipinski definition) is 1. The molecule has 1 aliphatic heterocycles. The smallest absolute Gasteiger partial charge is 0.107 e. The monoisotopic (exact) mass is 279 g/mol. The van der Waals surface area contributed by atoms with Crippen LogP contribution >= 0.6 is 11.3 Å². The molecule has 3 nitrogen and oxygen atoms in total. The van der Waals surface area contributed by atoms with Crippen molar-refractivity contribution >= 4 is 11.3 Å². The molecule has 2 unspecified atom stereocenters. The third-order valence-electron chi connectivity index (χ3n) is 4.77. The zero-order valence-electron chi connectivity index (χ0n) is 11.8. The molecular formula is C15H25N3S. The second kappa shape index (κ2) is 6.33. The lowest BCUT2D eigenvalue weighted by Gasteiger charge is -2.42. The Balaban J connectivity index is 1.59. The first-order chi connectivity index (χ1) is 9.33. The summed E-state index contributed by atoms with van der Waals surface area (Å²) >= 11 is 1.78. The Morgan fingerprint density at radius 3 is 2.95 bits per heavy atom. The van der Waals surface area contributed by atoms with Gasteiger partial charge in [0.25, 0.3) is 0 Å². The highest BCUT2D eigenvalue weighted by Gasteiger charge is 2.31. The molecule has 19 heavy (non-hydrogen) atoms. The van der Waals surface area contributed by atoms with Gasteiger partial charge in [-0.3, -0.25) is 4.90 Å². The molecule has 0 aromatic carbocycles. The molecule has 106 valence electrons. The zero-order chi connectivity index (χ0) is 13.1. The van der Waals surface area contributed by atoms with E-state index in [0.29, 0.717) is 12.1 Å². The Hall–Kier alpha value is -0.450. The molecule has 1 N–H and O–H groups in total. The molecule has 2 aliphatic rings. The lowest BCUT2D eigenvalue weighted by Crippen LogP contribution is -2.57. The van der Waals surface area contributed by atoms with Crippen molar-refractivity contribution in [1.29, 1.82) is 0 Å². The van der Waals surface area contributed by atoms with Gasteiger partial charge in [-0.15, -0.1) is 11.3 Å². The third kappa shape index (κ3) is 3.36. The summed E-state index contributed by atoms with van der Waals surface area (Å²) in [7, 11) is 0. The quantitative estimate of drug-likeness (QED) is 0.922. The van der Waals surface area contributed by atoms with E-state index in [0.717, 1.165) is 19.0 Å². The summed E-state index contributed by atoms with van der Waals surface area (Å²) in [4.78, 5) is 7.06. The van der Waals surface area contributed by atoms with Gasteiger partial charge in [-0.05, 0) is 25.7 Å². The van der Waals surface area contributed by atoms with Gasteiger partial charge < -0.3 is 5.32 Å². The van der Waals surface area contributed by atoms with E-state index in [-0.39, 0.29) is 0 Å². The van der Waals surface area contributed by atoms with Crippen LogP contribution < -0.4 is 5.32 Å². The van der Waals surface area contributed by atoms with Crippen LogP contribution in [0, 0.1) is 5.92 Å². The van der Waals surface area contributed by atoms with Crippen LogP contribution in [0.15, 0.2) is 11.6 Å². The lowest BCUT2D eigenvalue weighted by atomic mass is 9.82. The fraction of sp³-hybridized carbons (Fsp3) is 0.800. The van der Waals surface area contributed by atoms with E-state index in [1.54, 1.807) is 11.3 Å². The summed E-state index contributed by atoms with van der Waals surface area (Å²) < 4.78 is 0. The SMILES string of the molecule is CC1CNC(C2CCCCC2)CN1Cc1nccs1. The molecule has 0 spiro atoms. The van der Waals surface area contributed by atoms with Gasteiger partial charge in [0.2, 0.25) is 0 Å². The Kier molecular flexibility index (Phi) is 4.51. The van der Waals surface area contributed by atoms with Gasteiger partial charge in [-0.1, -0.05) is 19.3 Å². The fourth-order valence-electron chi connectivity index (χ4n) is 3.53. The predicted octanol–water partition coefficient (Wildman–Crippen LogP) is 2.89. The minimum absolute atomic E-state index is 0.628. The number of rotatable bonds is 3. The summed E-state index contributed by atoms with van der Waals surface area (Å²) in [6.07, 6.45) is 9.10. The molecule has 1 aromatic rings. The predicted molar refractivity (Wildman–Crippen MR) is 80.4 cm³/mol. The highest BCUT2D eigenvalue weighted by molar-refractivity contribution is 7.09. The normalized spacial score (nSPS) is 30.6. The second-order valence-corrected chi connectivity index (χ2v) is 7.10. The minimum atomic E-state index is 0.628. The number of nitrogens with zero attached hydrogens (tertiary/aromatic N) is 2. The average Bonchev–Trinajstić information content (AvgIpc) is 2.95. The van der Waals surface area contributed by atoms with E-state index in [2.05, 4.69) is 27.5 Å². The molecule has 1 saturated heterocycles. The van der Waals surface area contributed by atoms with Gasteiger partial charge in [0.15, 0.2) is 0 Å². The van der Waals surface area contributed by atoms with Crippen LogP contribution in [-0.4, -0.2) is 35.1 Å². The molecule has 4 heteroatoms. The van der Waals surface area contributed by atoms with Crippen molar-refractivity contribution in [3.05, 3.63) is 16.6 Å². The minimum Gasteiger partial charge on any atom is -0.311 e. The summed E-state index contributed by atoms with van der Waals surface area (Å²) in [6.45, 7) is 5.69. The number of aromatic nitrogens is 1. The molecule has 2 atom stereocenters. The third-order valence-corrected chi connectivity index (χ3v) is 5.54. The maximum Gasteiger partial charge on any atom is 0.107 e. The Bertz CT molecular complexity index is 373. The molecule has 1 aromatic heterocycles. The molecular weight excluding hydrogens is 254 g/mol. The molecule has 0 radical (unpaired) electrons. The maximum atomic E-state index is 4.44. The lowest BCUT2D eigenvalue weighted by molar-refractivity contribution is 0.0980. The van der Waals surface area contributed by atoms with Gasteiger partial charge in [0.05, 0.1) is 6.54 Å². The van der Waals surface area contributed by atoms with Crippen molar-refractivity contribution < 1.29 is 0 Å². The van der Waals surface area contributed by atoms with Crippen LogP contribution in [0.4, 0.5) is 0 Å². The van der Waals surface area contributed by atoms with Gasteiger partial charge in [0.1, 0.15) is 5.01 Å². The second-order valence-electron chi connectivity index (χ2n) is 6.12. The Morgan fingerprint density at radius 1 is 1.37 bits per heavy atom. The molecule has 1 aliphatic carbocycles. The standard InChI is InChI=1S/C15H25N3S/c1-12-9-17-14(13-5-3-2-4-6-13)10-18(12)11-15-16-7-8-19-15/h7-8,12-14,17H,2-6,9-11H2,1H3. The molecule has 2 heterocycles. The van der Waals surface area contributed by atoms with Crippen molar-refractivity contribution in [2.75, 3.05) is 13.1 Å². The van der Waals surface area contributed by atoms with Gasteiger partial charge >= 0.3 is 0 Å². The summed E-state index contributed by atoms with van der Waals surface area (Å²) in [5.41, 5.74) is 0. The summed E-state index contributed by atoms with van der Waals surface area (Å²) in [5.74, 6) is 0.903. The van der Waals surface area contributed by atoms with E-state index in [1.165, 1.54) is 43.7 Å². The van der Waals surface area contributed by atoms with Gasteiger partial charge in [-0.2, -0.15) is 0 Å². The van der Waals surface area contributed by atoms with Gasteiger partial charge in [-0.25, -0.2) is 4.98 Å². The van der Waals surface area contributed by atoms with Crippen molar-refractivity contribution in [2.45, 2.75) is 57.7 Å². The van der Waals surface area contributed by atoms with Crippen LogP contribution in [0.2, 0.25) is 0 Å². The number of thiazole rings is 1. The van der Waals surface area contributed by atoms with Crippen LogP contribution in [-0.2, 0) is 6.54 Å². The van der Waals surface area contributed by atoms with E-state index >= 15 is 0 Å². The van der Waals surface area contributed by atoms with Crippen LogP contribution in [0.25, 0.3) is 0 Å². The molecule has 1 saturated carbocycles. The van der Waals surface area contributed by atoms with Crippen molar-refractivity contribution in [3.63, 3.8) is 0 Å². The summed E-state index contributed by atoms with van der Waals surface area (Å²) in [6, 6.07) is 1.33. The topological polar surface area (TPSA) is 28.2 Å². The maximum absolute atomic E-state index is 4.44. The Labute approximate surface area is 120 Å². The first-order valence-corrected chi connectivity index (χ1v) is 8.56. The highest BCUT2D eigenvalue weighted by atomic mass is 32.1. The van der Waals surface area contributed by atoms with Crippen molar-refractivity contribution in [1.82, 2.24) is 15.2 Å². The van der Waals surface area contributed by atoms with Crippen molar-refractivity contribution in [3.8, 4) is 0 Å². The molecule has 3 rings (SSSR count). The summed E-state index contributed by atoms with van der Waals surface area (Å²) in [5, 5.41) is 7.13. The highest BCUT2D eigenvalue weighted by Crippen LogP contribution is 2.28. The molecule has 0 amide bonds. The fourth-order valence-corrected chi connectivity index (χ4v) is 4.17. The largest absolute Gasteiger partial charge is 0.311 e. The van der Waals surface area contributed by atoms with Crippen LogP contribution in [0.3, 0.4) is 0 Å². The van der Waals surface area contributed by atoms with E-state index in [9.17, 15) is 0 Å². The van der Waals surface area contributed by atoms with Crippen LogP contribution in [0.5, 0.6) is 0 Å². The number of hydrogen-bond acceptors (Lipinski definition) is 4. The first kappa shape index (κ1) is 13.5. The first-order valence-electron chi connectivity index (χ1n) is 7.69. The number of nitrogens with one attached hydrogen (secondary N) is 1. The van der Waals surface area contributed by atoms with E-state index < -0.39 is 0 Å². The van der Waals surface area contributed by atoms with E-state index in [4.69, 9.17) is 0 Å². The number of piperazine rings is 1. The van der Waals surface area contributed by atoms with Crippen molar-refractivity contribution in [2.24, 2.45) is 5.92 Å².